The predicted octanol–water partition coefficient (Wildman–Crippen LogP) is 9.80. The SMILES string of the molecule is COC(=O)NC(C(=O)N1CCCC[C@H]1c1ncc(-c2ccc(CS/C(=C(/C)C(C)CC3(C)CCCC3)c3ccc4nc[nH]c4c3)c3cnoc23)[nH]1)C(C)C. The largest absolute Gasteiger partial charge is 0.453 e. The number of hydrogen-bond acceptors (Lipinski definition) is 8. The second kappa shape index (κ2) is 16.0. The monoisotopic (exact) mass is 751 g/mol. The highest BCUT2D eigenvalue weighted by Crippen LogP contribution is 2.46. The van der Waals surface area contributed by atoms with E-state index in [1.54, 1.807) is 6.33 Å². The number of carbonyl (C=O) groups is 2. The molecule has 1 saturated carbocycles. The molecular formula is C42H53N7O4S. The van der Waals surface area contributed by atoms with E-state index in [-0.39, 0.29) is 17.9 Å². The number of piperidine rings is 1. The first kappa shape index (κ1) is 37.7. The minimum Gasteiger partial charge on any atom is -0.453 e. The maximum absolute atomic E-state index is 13.8. The van der Waals surface area contributed by atoms with Crippen LogP contribution in [0.25, 0.3) is 38.2 Å². The molecule has 3 N–H and O–H groups in total. The summed E-state index contributed by atoms with van der Waals surface area (Å²) in [6.07, 6.45) is 13.9. The number of carbonyl (C=O) groups excluding carboxylic acids is 2. The molecular weight excluding hydrogens is 699 g/mol. The molecule has 1 saturated heterocycles. The third-order valence-corrected chi connectivity index (χ3v) is 13.1. The third-order valence-electron chi connectivity index (χ3n) is 11.8. The molecule has 5 aromatic rings. The summed E-state index contributed by atoms with van der Waals surface area (Å²) in [5.74, 6) is 1.68. The van der Waals surface area contributed by atoms with Crippen molar-refractivity contribution in [2.75, 3.05) is 13.7 Å². The summed E-state index contributed by atoms with van der Waals surface area (Å²) in [5.41, 5.74) is 8.55. The topological polar surface area (TPSA) is 142 Å². The van der Waals surface area contributed by atoms with Crippen LogP contribution in [-0.4, -0.2) is 61.7 Å². The summed E-state index contributed by atoms with van der Waals surface area (Å²) in [7, 11) is 1.31. The molecule has 2 amide bonds. The van der Waals surface area contributed by atoms with Crippen LogP contribution in [0.5, 0.6) is 0 Å². The van der Waals surface area contributed by atoms with Gasteiger partial charge in [-0.3, -0.25) is 4.79 Å². The third kappa shape index (κ3) is 7.80. The molecule has 2 fully saturated rings. The zero-order chi connectivity index (χ0) is 38.0. The van der Waals surface area contributed by atoms with Gasteiger partial charge in [0, 0.05) is 28.2 Å². The summed E-state index contributed by atoms with van der Waals surface area (Å²) in [6, 6.07) is 9.84. The van der Waals surface area contributed by atoms with Crippen LogP contribution in [0.4, 0.5) is 4.79 Å². The van der Waals surface area contributed by atoms with Gasteiger partial charge in [-0.2, -0.15) is 0 Å². The van der Waals surface area contributed by atoms with Gasteiger partial charge < -0.3 is 29.4 Å². The van der Waals surface area contributed by atoms with Crippen molar-refractivity contribution in [1.29, 1.82) is 0 Å². The number of benzene rings is 2. The fourth-order valence-electron chi connectivity index (χ4n) is 8.55. The summed E-state index contributed by atoms with van der Waals surface area (Å²) < 4.78 is 10.7. The Labute approximate surface area is 321 Å². The number of methoxy groups -OCH3 is 1. The average Bonchev–Trinajstić information content (AvgIpc) is 4.01. The van der Waals surface area contributed by atoms with E-state index in [4.69, 9.17) is 14.2 Å². The number of thioether (sulfide) groups is 1. The molecule has 0 bridgehead atoms. The molecule has 2 aromatic carbocycles. The lowest BCUT2D eigenvalue weighted by molar-refractivity contribution is -0.138. The number of allylic oxidation sites excluding steroid dienone is 1. The summed E-state index contributed by atoms with van der Waals surface area (Å²) >= 11 is 1.87. The van der Waals surface area contributed by atoms with Crippen molar-refractivity contribution in [1.82, 2.24) is 35.3 Å². The minimum absolute atomic E-state index is 0.109. The van der Waals surface area contributed by atoms with Crippen molar-refractivity contribution in [3.8, 4) is 11.3 Å². The van der Waals surface area contributed by atoms with Crippen LogP contribution in [0.2, 0.25) is 0 Å². The van der Waals surface area contributed by atoms with Gasteiger partial charge in [-0.05, 0) is 92.0 Å². The van der Waals surface area contributed by atoms with Gasteiger partial charge in [0.1, 0.15) is 11.9 Å². The number of likely N-dealkylation sites (tertiary alicyclic amines) is 1. The van der Waals surface area contributed by atoms with Crippen LogP contribution < -0.4 is 5.32 Å². The van der Waals surface area contributed by atoms with Crippen molar-refractivity contribution in [2.24, 2.45) is 17.3 Å². The molecule has 7 rings (SSSR count). The Bertz CT molecular complexity index is 2140. The number of aromatic nitrogens is 5. The standard InChI is InChI=1S/C42H53N7O4S/c1-25(2)36(48-41(51)52-6)40(50)49-18-10-7-11-35(49)39-43-22-34(47-39)30-14-12-29(31-21-46-53-37(30)31)23-54-38(28-13-15-32-33(19-28)45-24-44-32)27(4)26(3)20-42(5)16-8-9-17-42/h12-15,19,21-22,24-26,35-36H,7-11,16-18,20,23H2,1-6H3,(H,43,47)(H,44,45)(H,48,51)/b38-27-/t26?,35-,36?/m0/s1. The smallest absolute Gasteiger partial charge is 0.407 e. The number of ether oxygens (including phenoxy) is 1. The quantitative estimate of drug-likeness (QED) is 0.114. The number of nitrogens with zero attached hydrogens (tertiary/aromatic N) is 4. The van der Waals surface area contributed by atoms with Crippen molar-refractivity contribution < 1.29 is 18.8 Å². The minimum atomic E-state index is -0.696. The van der Waals surface area contributed by atoms with Crippen LogP contribution in [0.3, 0.4) is 0 Å². The zero-order valence-corrected chi connectivity index (χ0v) is 33.1. The first-order valence-corrected chi connectivity index (χ1v) is 20.4. The number of fused-ring (bicyclic) bond motifs is 2. The lowest BCUT2D eigenvalue weighted by atomic mass is 9.78. The van der Waals surface area contributed by atoms with Gasteiger partial charge in [-0.1, -0.05) is 63.4 Å². The fourth-order valence-corrected chi connectivity index (χ4v) is 9.82. The number of H-pyrrole nitrogens is 2. The van der Waals surface area contributed by atoms with Crippen molar-refractivity contribution in [3.63, 3.8) is 0 Å². The number of alkyl carbamates (subject to hydrolysis) is 1. The number of nitrogens with one attached hydrogen (secondary N) is 3. The molecule has 12 heteroatoms. The maximum Gasteiger partial charge on any atom is 0.407 e. The van der Waals surface area contributed by atoms with E-state index in [2.05, 4.69) is 76.5 Å². The van der Waals surface area contributed by atoms with Crippen molar-refractivity contribution in [2.45, 2.75) is 104 Å². The van der Waals surface area contributed by atoms with Gasteiger partial charge in [-0.25, -0.2) is 14.8 Å². The van der Waals surface area contributed by atoms with Gasteiger partial charge in [0.05, 0.1) is 48.6 Å². The Morgan fingerprint density at radius 1 is 1.09 bits per heavy atom. The molecule has 1 aliphatic carbocycles. The second-order valence-electron chi connectivity index (χ2n) is 16.0. The van der Waals surface area contributed by atoms with Gasteiger partial charge >= 0.3 is 6.09 Å². The van der Waals surface area contributed by atoms with Crippen LogP contribution in [0.1, 0.15) is 109 Å². The summed E-state index contributed by atoms with van der Waals surface area (Å²) in [5, 5.41) is 7.95. The molecule has 3 atom stereocenters. The van der Waals surface area contributed by atoms with Gasteiger partial charge in [0.15, 0.2) is 5.58 Å². The Kier molecular flexibility index (Phi) is 11.2. The highest BCUT2D eigenvalue weighted by Gasteiger charge is 2.36. The number of rotatable bonds is 12. The second-order valence-corrected chi connectivity index (χ2v) is 17.0. The summed E-state index contributed by atoms with van der Waals surface area (Å²) in [4.78, 5) is 45.1. The van der Waals surface area contributed by atoms with E-state index in [0.717, 1.165) is 58.3 Å². The molecule has 11 nitrogen and oxygen atoms in total. The Morgan fingerprint density at radius 2 is 1.91 bits per heavy atom. The Hall–Kier alpha value is -4.58. The molecule has 0 spiro atoms. The molecule has 286 valence electrons. The number of imidazole rings is 2. The average molecular weight is 752 g/mol. The van der Waals surface area contributed by atoms with Crippen LogP contribution in [-0.2, 0) is 15.3 Å². The van der Waals surface area contributed by atoms with E-state index in [1.165, 1.54) is 55.3 Å². The first-order valence-electron chi connectivity index (χ1n) is 19.4. The van der Waals surface area contributed by atoms with E-state index in [0.29, 0.717) is 29.3 Å². The van der Waals surface area contributed by atoms with E-state index < -0.39 is 12.1 Å². The molecule has 0 radical (unpaired) electrons. The van der Waals surface area contributed by atoms with Crippen LogP contribution in [0, 0.1) is 17.3 Å². The normalized spacial score (nSPS) is 18.9. The fraction of sp³-hybridized carbons (Fsp3) is 0.500. The molecule has 2 unspecified atom stereocenters. The molecule has 2 aliphatic rings. The zero-order valence-electron chi connectivity index (χ0n) is 32.3. The molecule has 4 heterocycles. The first-order chi connectivity index (χ1) is 26.0. The number of amides is 2. The Balaban J connectivity index is 1.14. The molecule has 54 heavy (non-hydrogen) atoms. The van der Waals surface area contributed by atoms with Crippen molar-refractivity contribution in [3.05, 3.63) is 71.6 Å². The van der Waals surface area contributed by atoms with E-state index in [9.17, 15) is 9.59 Å². The molecule has 3 aromatic heterocycles. The lowest BCUT2D eigenvalue weighted by Gasteiger charge is -2.37. The Morgan fingerprint density at radius 3 is 2.69 bits per heavy atom. The molecule has 1 aliphatic heterocycles. The van der Waals surface area contributed by atoms with Crippen LogP contribution >= 0.6 is 11.8 Å². The van der Waals surface area contributed by atoms with Crippen LogP contribution in [0.15, 0.2) is 59.1 Å². The van der Waals surface area contributed by atoms with Gasteiger partial charge in [0.25, 0.3) is 0 Å². The summed E-state index contributed by atoms with van der Waals surface area (Å²) in [6.45, 7) is 11.6. The number of hydrogen-bond donors (Lipinski definition) is 3. The van der Waals surface area contributed by atoms with Gasteiger partial charge in [-0.15, -0.1) is 11.8 Å². The number of aromatic amines is 2. The van der Waals surface area contributed by atoms with E-state index >= 15 is 0 Å². The highest BCUT2D eigenvalue weighted by molar-refractivity contribution is 8.07. The maximum atomic E-state index is 13.8. The lowest BCUT2D eigenvalue weighted by Crippen LogP contribution is -2.53. The van der Waals surface area contributed by atoms with E-state index in [1.807, 2.05) is 42.9 Å². The van der Waals surface area contributed by atoms with Gasteiger partial charge in [0.2, 0.25) is 5.91 Å². The predicted molar refractivity (Wildman–Crippen MR) is 214 cm³/mol. The van der Waals surface area contributed by atoms with Crippen molar-refractivity contribution >= 4 is 50.7 Å². The highest BCUT2D eigenvalue weighted by atomic mass is 32.2.